The summed E-state index contributed by atoms with van der Waals surface area (Å²) < 4.78 is 69.3. The van der Waals surface area contributed by atoms with Gasteiger partial charge in [-0.3, -0.25) is 9.69 Å². The molecule has 0 radical (unpaired) electrons. The van der Waals surface area contributed by atoms with E-state index in [9.17, 15) is 26.4 Å². The predicted octanol–water partition coefficient (Wildman–Crippen LogP) is 2.81. The van der Waals surface area contributed by atoms with Crippen LogP contribution in [0.25, 0.3) is 0 Å². The molecule has 3 rings (SSSR count). The lowest BCUT2D eigenvalue weighted by Gasteiger charge is -2.26. The second kappa shape index (κ2) is 8.46. The number of ether oxygens (including phenoxy) is 1. The first-order valence-electron chi connectivity index (χ1n) is 8.72. The van der Waals surface area contributed by atoms with Crippen molar-refractivity contribution in [3.63, 3.8) is 0 Å². The summed E-state index contributed by atoms with van der Waals surface area (Å²) in [7, 11) is -3.14. The second-order valence-electron chi connectivity index (χ2n) is 6.66. The van der Waals surface area contributed by atoms with Gasteiger partial charge in [-0.2, -0.15) is 0 Å². The number of alkyl halides is 3. The van der Waals surface area contributed by atoms with Crippen LogP contribution in [0.2, 0.25) is 0 Å². The third kappa shape index (κ3) is 6.50. The molecule has 0 saturated carbocycles. The molecular formula is C18H19F3N2O5S. The van der Waals surface area contributed by atoms with E-state index in [1.165, 1.54) is 18.4 Å². The fourth-order valence-corrected chi connectivity index (χ4v) is 4.87. The average Bonchev–Trinajstić information content (AvgIpc) is 3.24. The van der Waals surface area contributed by atoms with Crippen LogP contribution >= 0.6 is 0 Å². The number of nitrogens with zero attached hydrogens (tertiary/aromatic N) is 1. The first-order valence-corrected chi connectivity index (χ1v) is 10.5. The fourth-order valence-electron chi connectivity index (χ4n) is 3.11. The van der Waals surface area contributed by atoms with Crippen LogP contribution in [0.1, 0.15) is 12.2 Å². The summed E-state index contributed by atoms with van der Waals surface area (Å²) in [5.41, 5.74) is 0.293. The standard InChI is InChI=1S/C18H19F3N2O5S/c19-18(20,21)28-15-5-3-13(4-6-15)22-17(24)11-23(10-16-2-1-8-27-16)14-7-9-29(25,26)12-14/h1-6,8,14H,7,9-12H2,(H,22,24)/t14-/m1/s1. The van der Waals surface area contributed by atoms with Crippen LogP contribution in [0.4, 0.5) is 18.9 Å². The van der Waals surface area contributed by atoms with Crippen molar-refractivity contribution in [3.8, 4) is 5.75 Å². The fraction of sp³-hybridized carbons (Fsp3) is 0.389. The van der Waals surface area contributed by atoms with Gasteiger partial charge in [-0.05, 0) is 42.8 Å². The molecule has 7 nitrogen and oxygen atoms in total. The Bertz CT molecular complexity index is 927. The lowest BCUT2D eigenvalue weighted by Crippen LogP contribution is -2.41. The zero-order valence-electron chi connectivity index (χ0n) is 15.2. The Kier molecular flexibility index (Phi) is 6.18. The first-order chi connectivity index (χ1) is 13.6. The van der Waals surface area contributed by atoms with Gasteiger partial charge >= 0.3 is 6.36 Å². The van der Waals surface area contributed by atoms with Gasteiger partial charge in [0.25, 0.3) is 0 Å². The van der Waals surface area contributed by atoms with Crippen LogP contribution in [0.15, 0.2) is 47.1 Å². The molecule has 1 atom stereocenters. The van der Waals surface area contributed by atoms with Gasteiger partial charge in [-0.15, -0.1) is 13.2 Å². The van der Waals surface area contributed by atoms with Crippen LogP contribution in [0, 0.1) is 0 Å². The largest absolute Gasteiger partial charge is 0.573 e. The average molecular weight is 432 g/mol. The Hall–Kier alpha value is -2.53. The van der Waals surface area contributed by atoms with E-state index in [1.54, 1.807) is 17.0 Å². The van der Waals surface area contributed by atoms with Gasteiger partial charge in [0.2, 0.25) is 5.91 Å². The summed E-state index contributed by atoms with van der Waals surface area (Å²) in [4.78, 5) is 14.2. The maximum Gasteiger partial charge on any atom is 0.573 e. The molecule has 2 aromatic rings. The van der Waals surface area contributed by atoms with Crippen molar-refractivity contribution in [2.75, 3.05) is 23.4 Å². The van der Waals surface area contributed by atoms with Gasteiger partial charge in [-0.25, -0.2) is 8.42 Å². The minimum Gasteiger partial charge on any atom is -0.468 e. The summed E-state index contributed by atoms with van der Waals surface area (Å²) in [6.45, 7) is 0.167. The van der Waals surface area contributed by atoms with E-state index in [0.717, 1.165) is 12.1 Å². The van der Waals surface area contributed by atoms with Crippen LogP contribution in [0.5, 0.6) is 5.75 Å². The normalized spacial score (nSPS) is 18.7. The number of anilines is 1. The molecule has 158 valence electrons. The third-order valence-electron chi connectivity index (χ3n) is 4.38. The maximum absolute atomic E-state index is 12.4. The van der Waals surface area contributed by atoms with Crippen LogP contribution in [-0.4, -0.2) is 49.7 Å². The van der Waals surface area contributed by atoms with Crippen LogP contribution in [-0.2, 0) is 21.2 Å². The quantitative estimate of drug-likeness (QED) is 0.724. The minimum atomic E-state index is -4.79. The van der Waals surface area contributed by atoms with Crippen molar-refractivity contribution >= 4 is 21.4 Å². The number of carbonyl (C=O) groups is 1. The van der Waals surface area contributed by atoms with Gasteiger partial charge in [-0.1, -0.05) is 0 Å². The molecule has 29 heavy (non-hydrogen) atoms. The number of halogens is 3. The van der Waals surface area contributed by atoms with E-state index in [0.29, 0.717) is 17.9 Å². The Balaban J connectivity index is 1.63. The highest BCUT2D eigenvalue weighted by molar-refractivity contribution is 7.91. The van der Waals surface area contributed by atoms with E-state index in [1.807, 2.05) is 0 Å². The van der Waals surface area contributed by atoms with E-state index in [2.05, 4.69) is 10.1 Å². The zero-order chi connectivity index (χ0) is 21.1. The maximum atomic E-state index is 12.4. The molecule has 1 fully saturated rings. The van der Waals surface area contributed by atoms with Gasteiger partial charge in [0.15, 0.2) is 9.84 Å². The third-order valence-corrected chi connectivity index (χ3v) is 6.13. The number of hydrogen-bond donors (Lipinski definition) is 1. The van der Waals surface area contributed by atoms with Crippen LogP contribution in [0.3, 0.4) is 0 Å². The zero-order valence-corrected chi connectivity index (χ0v) is 16.0. The molecule has 11 heteroatoms. The van der Waals surface area contributed by atoms with Gasteiger partial charge in [0, 0.05) is 11.7 Å². The Morgan fingerprint density at radius 3 is 2.52 bits per heavy atom. The lowest BCUT2D eigenvalue weighted by atomic mass is 10.2. The number of furan rings is 1. The molecule has 1 saturated heterocycles. The molecule has 1 N–H and O–H groups in total. The Morgan fingerprint density at radius 1 is 1.24 bits per heavy atom. The topological polar surface area (TPSA) is 88.9 Å². The number of nitrogens with one attached hydrogen (secondary N) is 1. The summed E-state index contributed by atoms with van der Waals surface area (Å²) in [5.74, 6) is -0.203. The van der Waals surface area contributed by atoms with Gasteiger partial charge in [0.1, 0.15) is 11.5 Å². The first kappa shape index (κ1) is 21.2. The molecule has 0 aliphatic carbocycles. The Labute approximate surface area is 165 Å². The highest BCUT2D eigenvalue weighted by Gasteiger charge is 2.33. The SMILES string of the molecule is O=C(CN(Cc1ccco1)[C@@H]1CCS(=O)(=O)C1)Nc1ccc(OC(F)(F)F)cc1. The van der Waals surface area contributed by atoms with Crippen LogP contribution < -0.4 is 10.1 Å². The second-order valence-corrected chi connectivity index (χ2v) is 8.89. The van der Waals surface area contributed by atoms with Gasteiger partial charge in [0.05, 0.1) is 30.9 Å². The molecule has 1 aromatic carbocycles. The highest BCUT2D eigenvalue weighted by Crippen LogP contribution is 2.24. The molecule has 0 bridgehead atoms. The Morgan fingerprint density at radius 2 is 1.97 bits per heavy atom. The molecular weight excluding hydrogens is 413 g/mol. The molecule has 1 aliphatic heterocycles. The molecule has 1 aliphatic rings. The summed E-state index contributed by atoms with van der Waals surface area (Å²) in [5, 5.41) is 2.59. The monoisotopic (exact) mass is 432 g/mol. The summed E-state index contributed by atoms with van der Waals surface area (Å²) >= 11 is 0. The van der Waals surface area contributed by atoms with Crippen molar-refractivity contribution in [2.45, 2.75) is 25.4 Å². The molecule has 0 unspecified atom stereocenters. The molecule has 0 spiro atoms. The summed E-state index contributed by atoms with van der Waals surface area (Å²) in [6.07, 6.45) is -2.89. The summed E-state index contributed by atoms with van der Waals surface area (Å²) in [6, 6.07) is 7.86. The number of benzene rings is 1. The van der Waals surface area contributed by atoms with Crippen molar-refractivity contribution in [1.29, 1.82) is 0 Å². The predicted molar refractivity (Wildman–Crippen MR) is 97.9 cm³/mol. The lowest BCUT2D eigenvalue weighted by molar-refractivity contribution is -0.274. The highest BCUT2D eigenvalue weighted by atomic mass is 32.2. The van der Waals surface area contributed by atoms with Crippen molar-refractivity contribution in [3.05, 3.63) is 48.4 Å². The minimum absolute atomic E-state index is 0.0372. The number of amides is 1. The number of hydrogen-bond acceptors (Lipinski definition) is 6. The van der Waals surface area contributed by atoms with E-state index >= 15 is 0 Å². The number of rotatable bonds is 7. The number of carbonyl (C=O) groups excluding carboxylic acids is 1. The molecule has 1 amide bonds. The molecule has 2 heterocycles. The molecule has 1 aromatic heterocycles. The van der Waals surface area contributed by atoms with Crippen molar-refractivity contribution in [1.82, 2.24) is 4.90 Å². The van der Waals surface area contributed by atoms with E-state index < -0.39 is 27.9 Å². The number of sulfone groups is 1. The smallest absolute Gasteiger partial charge is 0.468 e. The van der Waals surface area contributed by atoms with Gasteiger partial charge < -0.3 is 14.5 Å². The van der Waals surface area contributed by atoms with E-state index in [4.69, 9.17) is 4.42 Å². The van der Waals surface area contributed by atoms with Crippen molar-refractivity contribution in [2.24, 2.45) is 0 Å². The van der Waals surface area contributed by atoms with E-state index in [-0.39, 0.29) is 30.6 Å². The van der Waals surface area contributed by atoms with Crippen molar-refractivity contribution < 1.29 is 35.5 Å².